The Morgan fingerprint density at radius 3 is 1.16 bits per heavy atom. The van der Waals surface area contributed by atoms with E-state index >= 15 is 0 Å². The second-order valence-corrected chi connectivity index (χ2v) is 19.5. The summed E-state index contributed by atoms with van der Waals surface area (Å²) in [6, 6.07) is 80.5. The lowest BCUT2D eigenvalue weighted by Crippen LogP contribution is -2.70. The van der Waals surface area contributed by atoms with Gasteiger partial charge in [0.2, 0.25) is 0 Å². The maximum absolute atomic E-state index is 2.59. The maximum Gasteiger partial charge on any atom is 0.182 e. The lowest BCUT2D eigenvalue weighted by molar-refractivity contribution is 0.753. The van der Waals surface area contributed by atoms with Crippen LogP contribution in [-0.2, 0) is 5.41 Å². The summed E-state index contributed by atoms with van der Waals surface area (Å²) in [6.07, 6.45) is 0. The molecule has 57 heavy (non-hydrogen) atoms. The molecule has 9 aromatic carbocycles. The number of rotatable bonds is 2. The largest absolute Gasteiger partial charge is 0.309 e. The van der Waals surface area contributed by atoms with Crippen LogP contribution < -0.4 is 25.6 Å². The molecular weight excluding hydrogens is 703 g/mol. The number of para-hydroxylation sites is 3. The van der Waals surface area contributed by atoms with Crippen molar-refractivity contribution in [3.05, 3.63) is 235 Å². The van der Waals surface area contributed by atoms with Gasteiger partial charge < -0.3 is 4.90 Å². The molecule has 13 rings (SSSR count). The summed E-state index contributed by atoms with van der Waals surface area (Å²) in [5.74, 6) is 0. The van der Waals surface area contributed by atoms with Crippen LogP contribution in [0.5, 0.6) is 0 Å². The first-order chi connectivity index (χ1) is 28.3. The van der Waals surface area contributed by atoms with Crippen LogP contribution in [0.15, 0.2) is 212 Å². The molecule has 1 aliphatic carbocycles. The molecule has 4 aliphatic rings. The Morgan fingerprint density at radius 1 is 0.281 bits per heavy atom. The van der Waals surface area contributed by atoms with Crippen LogP contribution in [-0.4, -0.2) is 8.07 Å². The van der Waals surface area contributed by atoms with E-state index in [-0.39, 0.29) is 0 Å². The van der Waals surface area contributed by atoms with Gasteiger partial charge >= 0.3 is 0 Å². The van der Waals surface area contributed by atoms with E-state index in [9.17, 15) is 0 Å². The summed E-state index contributed by atoms with van der Waals surface area (Å²) in [7, 11) is -2.59. The molecule has 0 radical (unpaired) electrons. The SMILES string of the molecule is c1ccc(N2c3ccccc3C3(c4ccccc4-c4ccccc43)c3ccccc32)c(-c2ccc3c(c2)[Si]2(c4ccccc4-c4ccccc42)c2ccccc2-3)c1. The topological polar surface area (TPSA) is 3.24 Å². The summed E-state index contributed by atoms with van der Waals surface area (Å²) >= 11 is 0. The molecule has 0 N–H and O–H groups in total. The Hall–Kier alpha value is -7.00. The molecule has 2 spiro atoms. The molecule has 0 amide bonds. The molecule has 0 aromatic heterocycles. The van der Waals surface area contributed by atoms with Crippen molar-refractivity contribution in [2.45, 2.75) is 5.41 Å². The van der Waals surface area contributed by atoms with E-state index in [1.807, 2.05) is 0 Å². The van der Waals surface area contributed by atoms with E-state index in [1.54, 1.807) is 0 Å². The lowest BCUT2D eigenvalue weighted by Gasteiger charge is -2.45. The molecule has 0 fully saturated rings. The summed E-state index contributed by atoms with van der Waals surface area (Å²) in [4.78, 5) is 2.55. The summed E-state index contributed by atoms with van der Waals surface area (Å²) < 4.78 is 0. The molecule has 3 aliphatic heterocycles. The highest BCUT2D eigenvalue weighted by Gasteiger charge is 2.54. The maximum atomic E-state index is 2.58. The number of fused-ring (bicyclic) bond motifs is 19. The minimum absolute atomic E-state index is 0.438. The van der Waals surface area contributed by atoms with E-state index < -0.39 is 13.5 Å². The first-order valence-corrected chi connectivity index (χ1v) is 22.0. The van der Waals surface area contributed by atoms with Gasteiger partial charge in [-0.05, 0) is 100 Å². The molecule has 1 nitrogen and oxygen atoms in total. The molecule has 0 saturated heterocycles. The quantitative estimate of drug-likeness (QED) is 0.160. The van der Waals surface area contributed by atoms with Gasteiger partial charge in [0.1, 0.15) is 0 Å². The fourth-order valence-electron chi connectivity index (χ4n) is 11.5. The monoisotopic (exact) mass is 737 g/mol. The standard InChI is InChI=1S/C55H35NSi/c1-7-23-44-38(18-1)39-19-2-8-24-45(39)55(44)46-25-9-12-28-49(46)56(50-29-13-10-26-47(50)55)48-27-11-3-17-37(48)36-33-34-43-42-22-6-16-32-53(42)57(54(43)35-36)51-30-14-4-20-40(51)41-21-5-15-31-52(41)57/h1-35H. The third kappa shape index (κ3) is 3.74. The molecular formula is C55H35NSi. The zero-order chi connectivity index (χ0) is 37.3. The molecule has 9 aromatic rings. The minimum atomic E-state index is -2.59. The lowest BCUT2D eigenvalue weighted by atomic mass is 9.64. The van der Waals surface area contributed by atoms with Gasteiger partial charge in [-0.15, -0.1) is 0 Å². The smallest absolute Gasteiger partial charge is 0.182 e. The Bertz CT molecular complexity index is 3010. The van der Waals surface area contributed by atoms with Gasteiger partial charge in [0.05, 0.1) is 22.5 Å². The Kier molecular flexibility index (Phi) is 6.18. The molecule has 3 heterocycles. The predicted octanol–water partition coefficient (Wildman–Crippen LogP) is 10.8. The minimum Gasteiger partial charge on any atom is -0.309 e. The van der Waals surface area contributed by atoms with E-state index in [2.05, 4.69) is 217 Å². The number of benzene rings is 9. The van der Waals surface area contributed by atoms with Crippen LogP contribution >= 0.6 is 0 Å². The van der Waals surface area contributed by atoms with Crippen molar-refractivity contribution < 1.29 is 0 Å². The van der Waals surface area contributed by atoms with E-state index in [4.69, 9.17) is 0 Å². The van der Waals surface area contributed by atoms with Gasteiger partial charge in [-0.2, -0.15) is 0 Å². The molecule has 0 saturated carbocycles. The zero-order valence-electron chi connectivity index (χ0n) is 31.2. The third-order valence-corrected chi connectivity index (χ3v) is 18.5. The van der Waals surface area contributed by atoms with E-state index in [0.29, 0.717) is 0 Å². The van der Waals surface area contributed by atoms with Crippen molar-refractivity contribution in [3.63, 3.8) is 0 Å². The van der Waals surface area contributed by atoms with Crippen LogP contribution in [0.25, 0.3) is 44.5 Å². The van der Waals surface area contributed by atoms with Crippen molar-refractivity contribution in [2.75, 3.05) is 4.90 Å². The highest BCUT2D eigenvalue weighted by Crippen LogP contribution is 2.63. The van der Waals surface area contributed by atoms with Crippen LogP contribution in [0.1, 0.15) is 22.3 Å². The summed E-state index contributed by atoms with van der Waals surface area (Å²) in [5.41, 5.74) is 19.1. The average Bonchev–Trinajstić information content (AvgIpc) is 3.87. The van der Waals surface area contributed by atoms with Gasteiger partial charge in [-0.3, -0.25) is 0 Å². The van der Waals surface area contributed by atoms with Crippen molar-refractivity contribution in [3.8, 4) is 44.5 Å². The molecule has 0 atom stereocenters. The average molecular weight is 738 g/mol. The fraction of sp³-hybridized carbons (Fsp3) is 0.0182. The zero-order valence-corrected chi connectivity index (χ0v) is 32.2. The van der Waals surface area contributed by atoms with Gasteiger partial charge in [-0.25, -0.2) is 0 Å². The molecule has 0 unspecified atom stereocenters. The van der Waals surface area contributed by atoms with Gasteiger partial charge in [0, 0.05) is 5.56 Å². The second-order valence-electron chi connectivity index (χ2n) is 15.9. The first kappa shape index (κ1) is 31.2. The van der Waals surface area contributed by atoms with Gasteiger partial charge in [0.15, 0.2) is 8.07 Å². The second kappa shape index (κ2) is 11.3. The number of hydrogen-bond acceptors (Lipinski definition) is 1. The Balaban J connectivity index is 1.06. The van der Waals surface area contributed by atoms with Crippen LogP contribution in [0.2, 0.25) is 0 Å². The van der Waals surface area contributed by atoms with Crippen molar-refractivity contribution >= 4 is 45.9 Å². The molecule has 0 bridgehead atoms. The summed E-state index contributed by atoms with van der Waals surface area (Å²) in [6.45, 7) is 0. The van der Waals surface area contributed by atoms with E-state index in [1.165, 1.54) is 105 Å². The molecule has 264 valence electrons. The predicted molar refractivity (Wildman–Crippen MR) is 239 cm³/mol. The number of hydrogen-bond donors (Lipinski definition) is 0. The first-order valence-electron chi connectivity index (χ1n) is 20.0. The highest BCUT2D eigenvalue weighted by molar-refractivity contribution is 7.24. The van der Waals surface area contributed by atoms with Crippen LogP contribution in [0.3, 0.4) is 0 Å². The molecule has 2 heteroatoms. The Labute approximate surface area is 333 Å². The summed E-state index contributed by atoms with van der Waals surface area (Å²) in [5, 5.41) is 6.00. The van der Waals surface area contributed by atoms with Crippen molar-refractivity contribution in [1.82, 2.24) is 0 Å². The number of anilines is 3. The Morgan fingerprint density at radius 2 is 0.649 bits per heavy atom. The van der Waals surface area contributed by atoms with Gasteiger partial charge in [-0.1, -0.05) is 194 Å². The fourth-order valence-corrected chi connectivity index (χ4v) is 17.1. The highest BCUT2D eigenvalue weighted by atomic mass is 28.3. The van der Waals surface area contributed by atoms with Gasteiger partial charge in [0.25, 0.3) is 0 Å². The van der Waals surface area contributed by atoms with Crippen molar-refractivity contribution in [1.29, 1.82) is 0 Å². The third-order valence-electron chi connectivity index (χ3n) is 13.5. The normalized spacial score (nSPS) is 14.9. The van der Waals surface area contributed by atoms with Crippen LogP contribution in [0.4, 0.5) is 17.1 Å². The van der Waals surface area contributed by atoms with Crippen molar-refractivity contribution in [2.24, 2.45) is 0 Å². The van der Waals surface area contributed by atoms with Crippen LogP contribution in [0, 0.1) is 0 Å². The number of nitrogens with zero attached hydrogens (tertiary/aromatic N) is 1. The van der Waals surface area contributed by atoms with E-state index in [0.717, 1.165) is 0 Å².